The lowest BCUT2D eigenvalue weighted by Gasteiger charge is -2.19. The lowest BCUT2D eigenvalue weighted by molar-refractivity contribution is -0.135. The molecule has 1 aliphatic carbocycles. The Labute approximate surface area is 154 Å². The average Bonchev–Trinajstić information content (AvgIpc) is 2.52. The van der Waals surface area contributed by atoms with Crippen LogP contribution in [0.3, 0.4) is 0 Å². The molecule has 0 bridgehead atoms. The molecule has 26 heavy (non-hydrogen) atoms. The van der Waals surface area contributed by atoms with Crippen LogP contribution < -0.4 is 10.0 Å². The maximum Gasteiger partial charge on any atom is 0.339 e. The number of allylic oxidation sites excluding steroid dienone is 2. The average molecular weight is 397 g/mol. The van der Waals surface area contributed by atoms with Crippen molar-refractivity contribution in [3.8, 4) is 0 Å². The minimum Gasteiger partial charge on any atom is -0.465 e. The summed E-state index contributed by atoms with van der Waals surface area (Å²) >= 11 is 5.05. The maximum absolute atomic E-state index is 12.4. The van der Waals surface area contributed by atoms with Crippen LogP contribution in [0.1, 0.15) is 11.6 Å². The Morgan fingerprint density at radius 3 is 2.38 bits per heavy atom. The second-order valence-electron chi connectivity index (χ2n) is 5.10. The van der Waals surface area contributed by atoms with Gasteiger partial charge in [0.1, 0.15) is 16.9 Å². The lowest BCUT2D eigenvalue weighted by Crippen LogP contribution is -2.44. The van der Waals surface area contributed by atoms with E-state index < -0.39 is 27.3 Å². The van der Waals surface area contributed by atoms with E-state index in [4.69, 9.17) is 12.2 Å². The molecule has 2 N–H and O–H groups in total. The molecular weight excluding hydrogens is 382 g/mol. The first-order valence-electron chi connectivity index (χ1n) is 7.17. The number of esters is 1. The van der Waals surface area contributed by atoms with Gasteiger partial charge in [0.05, 0.1) is 17.5 Å². The van der Waals surface area contributed by atoms with E-state index in [1.807, 2.05) is 4.72 Å². The van der Waals surface area contributed by atoms with E-state index in [2.05, 4.69) is 25.0 Å². The first-order chi connectivity index (χ1) is 12.1. The number of thiocarbonyl (C=S) groups is 1. The SMILES string of the molecule is COC(=O)C1=CC=CC(S(=O)(=O)NC(=O)Nc2nc(C)nc(C)n2)C1=S. The molecule has 138 valence electrons. The molecule has 0 fully saturated rings. The van der Waals surface area contributed by atoms with Gasteiger partial charge in [-0.1, -0.05) is 24.4 Å². The number of aryl methyl sites for hydroxylation is 2. The summed E-state index contributed by atoms with van der Waals surface area (Å²) in [5.41, 5.74) is -0.0653. The summed E-state index contributed by atoms with van der Waals surface area (Å²) in [7, 11) is -3.11. The highest BCUT2D eigenvalue weighted by Crippen LogP contribution is 2.18. The second-order valence-corrected chi connectivity index (χ2v) is 7.34. The van der Waals surface area contributed by atoms with Crippen molar-refractivity contribution in [1.82, 2.24) is 19.7 Å². The highest BCUT2D eigenvalue weighted by atomic mass is 32.2. The van der Waals surface area contributed by atoms with Gasteiger partial charge in [-0.3, -0.25) is 5.32 Å². The predicted molar refractivity (Wildman–Crippen MR) is 96.0 cm³/mol. The lowest BCUT2D eigenvalue weighted by atomic mass is 10.0. The summed E-state index contributed by atoms with van der Waals surface area (Å²) < 4.78 is 31.3. The van der Waals surface area contributed by atoms with Crippen molar-refractivity contribution in [3.05, 3.63) is 35.4 Å². The summed E-state index contributed by atoms with van der Waals surface area (Å²) in [6.45, 7) is 3.20. The number of nitrogens with one attached hydrogen (secondary N) is 2. The summed E-state index contributed by atoms with van der Waals surface area (Å²) in [5.74, 6) is -0.139. The largest absolute Gasteiger partial charge is 0.465 e. The highest BCUT2D eigenvalue weighted by Gasteiger charge is 2.34. The minimum atomic E-state index is -4.26. The Morgan fingerprint density at radius 2 is 1.81 bits per heavy atom. The zero-order valence-corrected chi connectivity index (χ0v) is 15.6. The molecule has 0 aromatic carbocycles. The Balaban J connectivity index is 2.14. The number of hydrogen-bond acceptors (Lipinski definition) is 9. The molecule has 1 atom stereocenters. The van der Waals surface area contributed by atoms with Crippen molar-refractivity contribution in [2.45, 2.75) is 19.1 Å². The number of rotatable bonds is 4. The van der Waals surface area contributed by atoms with Crippen LogP contribution >= 0.6 is 12.2 Å². The minimum absolute atomic E-state index is 0.0653. The molecule has 10 nitrogen and oxygen atoms in total. The van der Waals surface area contributed by atoms with Gasteiger partial charge in [-0.25, -0.2) is 27.7 Å². The molecule has 0 aliphatic heterocycles. The molecule has 1 aromatic heterocycles. The van der Waals surface area contributed by atoms with E-state index >= 15 is 0 Å². The third-order valence-electron chi connectivity index (χ3n) is 3.13. The van der Waals surface area contributed by atoms with Crippen LogP contribution in [0.5, 0.6) is 0 Å². The number of methoxy groups -OCH3 is 1. The van der Waals surface area contributed by atoms with Crippen LogP contribution in [0, 0.1) is 13.8 Å². The molecule has 0 radical (unpaired) electrons. The molecular formula is C14H15N5O5S2. The van der Waals surface area contributed by atoms with Gasteiger partial charge in [0.25, 0.3) is 0 Å². The van der Waals surface area contributed by atoms with E-state index in [0.717, 1.165) is 7.11 Å². The zero-order valence-electron chi connectivity index (χ0n) is 14.0. The zero-order chi connectivity index (χ0) is 19.5. The van der Waals surface area contributed by atoms with Crippen LogP contribution in [-0.4, -0.2) is 52.6 Å². The fourth-order valence-electron chi connectivity index (χ4n) is 2.09. The molecule has 2 rings (SSSR count). The molecule has 0 spiro atoms. The third-order valence-corrected chi connectivity index (χ3v) is 5.29. The van der Waals surface area contributed by atoms with Crippen LogP contribution in [-0.2, 0) is 19.6 Å². The monoisotopic (exact) mass is 397 g/mol. The molecule has 12 heteroatoms. The summed E-state index contributed by atoms with van der Waals surface area (Å²) in [5, 5.41) is 0.829. The van der Waals surface area contributed by atoms with E-state index in [-0.39, 0.29) is 16.4 Å². The van der Waals surface area contributed by atoms with E-state index in [0.29, 0.717) is 11.6 Å². The fourth-order valence-corrected chi connectivity index (χ4v) is 3.84. The molecule has 1 unspecified atom stereocenters. The van der Waals surface area contributed by atoms with Gasteiger partial charge in [-0.2, -0.15) is 9.97 Å². The fraction of sp³-hybridized carbons (Fsp3) is 0.286. The summed E-state index contributed by atoms with van der Waals surface area (Å²) in [6, 6.07) is -1.07. The van der Waals surface area contributed by atoms with Gasteiger partial charge < -0.3 is 4.74 Å². The Bertz CT molecular complexity index is 919. The number of aromatic nitrogens is 3. The van der Waals surface area contributed by atoms with Gasteiger partial charge in [0.2, 0.25) is 16.0 Å². The smallest absolute Gasteiger partial charge is 0.339 e. The standard InChI is InChI=1S/C14H15N5O5S2/c1-7-15-8(2)17-13(16-7)18-14(21)19-26(22,23)10-6-4-5-9(11(10)25)12(20)24-3/h4-6,10H,1-3H3,(H2,15,16,17,18,19,21). The van der Waals surface area contributed by atoms with Crippen LogP contribution in [0.25, 0.3) is 0 Å². The van der Waals surface area contributed by atoms with Crippen LogP contribution in [0.15, 0.2) is 23.8 Å². The van der Waals surface area contributed by atoms with Gasteiger partial charge in [-0.05, 0) is 19.9 Å². The number of anilines is 1. The predicted octanol–water partition coefficient (Wildman–Crippen LogP) is 0.347. The van der Waals surface area contributed by atoms with Crippen molar-refractivity contribution >= 4 is 45.1 Å². The van der Waals surface area contributed by atoms with Crippen molar-refractivity contribution in [2.24, 2.45) is 0 Å². The van der Waals surface area contributed by atoms with Gasteiger partial charge in [0, 0.05) is 0 Å². The van der Waals surface area contributed by atoms with Gasteiger partial charge in [-0.15, -0.1) is 0 Å². The number of carbonyl (C=O) groups is 2. The molecule has 2 amide bonds. The van der Waals surface area contributed by atoms with Gasteiger partial charge >= 0.3 is 12.0 Å². The summed E-state index contributed by atoms with van der Waals surface area (Å²) in [6.07, 6.45) is 3.95. The number of sulfonamides is 1. The second kappa shape index (κ2) is 7.66. The molecule has 0 saturated carbocycles. The van der Waals surface area contributed by atoms with Crippen molar-refractivity contribution in [3.63, 3.8) is 0 Å². The molecule has 1 aromatic rings. The summed E-state index contributed by atoms with van der Waals surface area (Å²) in [4.78, 5) is 35.2. The van der Waals surface area contributed by atoms with Crippen molar-refractivity contribution < 1.29 is 22.7 Å². The normalized spacial score (nSPS) is 16.7. The topological polar surface area (TPSA) is 140 Å². The van der Waals surface area contributed by atoms with Gasteiger partial charge in [0.15, 0.2) is 0 Å². The molecule has 1 heterocycles. The third kappa shape index (κ3) is 4.46. The number of amides is 2. The van der Waals surface area contributed by atoms with E-state index in [1.54, 1.807) is 13.8 Å². The van der Waals surface area contributed by atoms with Crippen molar-refractivity contribution in [2.75, 3.05) is 12.4 Å². The van der Waals surface area contributed by atoms with E-state index in [9.17, 15) is 18.0 Å². The quantitative estimate of drug-likeness (QED) is 0.544. The number of ether oxygens (including phenoxy) is 1. The first kappa shape index (κ1) is 19.6. The van der Waals surface area contributed by atoms with Crippen LogP contribution in [0.4, 0.5) is 10.7 Å². The van der Waals surface area contributed by atoms with E-state index in [1.165, 1.54) is 18.2 Å². The maximum atomic E-state index is 12.4. The number of urea groups is 1. The molecule has 1 aliphatic rings. The Hall–Kier alpha value is -2.73. The number of hydrogen-bond donors (Lipinski definition) is 2. The Morgan fingerprint density at radius 1 is 1.19 bits per heavy atom. The first-order valence-corrected chi connectivity index (χ1v) is 9.12. The Kier molecular flexibility index (Phi) is 5.77. The molecule has 0 saturated heterocycles. The number of nitrogens with zero attached hydrogens (tertiary/aromatic N) is 3. The van der Waals surface area contributed by atoms with Crippen LogP contribution in [0.2, 0.25) is 0 Å². The highest BCUT2D eigenvalue weighted by molar-refractivity contribution is 7.93. The van der Waals surface area contributed by atoms with Crippen molar-refractivity contribution in [1.29, 1.82) is 0 Å². The number of carbonyl (C=O) groups excluding carboxylic acids is 2.